The smallest absolute Gasteiger partial charge is 0.229 e. The van der Waals surface area contributed by atoms with Crippen LogP contribution < -0.4 is 10.2 Å². The van der Waals surface area contributed by atoms with E-state index in [0.29, 0.717) is 12.5 Å². The van der Waals surface area contributed by atoms with Crippen LogP contribution in [0.2, 0.25) is 0 Å². The van der Waals surface area contributed by atoms with Crippen LogP contribution in [0.4, 0.5) is 11.4 Å². The zero-order valence-electron chi connectivity index (χ0n) is 15.9. The van der Waals surface area contributed by atoms with Gasteiger partial charge < -0.3 is 10.2 Å². The van der Waals surface area contributed by atoms with E-state index in [1.807, 2.05) is 50.2 Å². The fourth-order valence-corrected chi connectivity index (χ4v) is 3.46. The van der Waals surface area contributed by atoms with Crippen molar-refractivity contribution >= 4 is 23.2 Å². The molecule has 1 aliphatic rings. The van der Waals surface area contributed by atoms with E-state index >= 15 is 0 Å². The van der Waals surface area contributed by atoms with Crippen molar-refractivity contribution in [2.75, 3.05) is 16.8 Å². The number of benzene rings is 2. The number of carbonyl (C=O) groups is 2. The van der Waals surface area contributed by atoms with Crippen LogP contribution in [0.5, 0.6) is 0 Å². The lowest BCUT2D eigenvalue weighted by atomic mass is 10.0. The highest BCUT2D eigenvalue weighted by Gasteiger charge is 2.36. The Kier molecular flexibility index (Phi) is 5.12. The van der Waals surface area contributed by atoms with Crippen molar-refractivity contribution in [3.05, 3.63) is 59.2 Å². The maximum absolute atomic E-state index is 12.7. The first kappa shape index (κ1) is 18.2. The fraction of sp³-hybridized carbons (Fsp3) is 0.364. The molecule has 0 spiro atoms. The van der Waals surface area contributed by atoms with Gasteiger partial charge in [-0.05, 0) is 48.6 Å². The van der Waals surface area contributed by atoms with Gasteiger partial charge in [0, 0.05) is 24.3 Å². The maximum atomic E-state index is 12.7. The molecule has 1 N–H and O–H groups in total. The molecule has 26 heavy (non-hydrogen) atoms. The lowest BCUT2D eigenvalue weighted by molar-refractivity contribution is -0.122. The summed E-state index contributed by atoms with van der Waals surface area (Å²) in [6.07, 6.45) is 0.253. The van der Waals surface area contributed by atoms with Crippen LogP contribution in [0, 0.1) is 19.8 Å². The van der Waals surface area contributed by atoms with Gasteiger partial charge >= 0.3 is 0 Å². The number of rotatable bonds is 4. The van der Waals surface area contributed by atoms with Crippen molar-refractivity contribution in [3.63, 3.8) is 0 Å². The number of carbonyl (C=O) groups excluding carboxylic acids is 2. The number of nitrogens with zero attached hydrogens (tertiary/aromatic N) is 1. The number of anilines is 2. The predicted molar refractivity (Wildman–Crippen MR) is 106 cm³/mol. The minimum Gasteiger partial charge on any atom is -0.326 e. The molecule has 0 aliphatic carbocycles. The predicted octanol–water partition coefficient (Wildman–Crippen LogP) is 4.42. The molecule has 2 aromatic carbocycles. The second kappa shape index (κ2) is 7.32. The van der Waals surface area contributed by atoms with Crippen molar-refractivity contribution in [3.8, 4) is 0 Å². The van der Waals surface area contributed by atoms with Crippen LogP contribution in [0.1, 0.15) is 42.9 Å². The Morgan fingerprint density at radius 2 is 1.85 bits per heavy atom. The molecule has 0 radical (unpaired) electrons. The van der Waals surface area contributed by atoms with Crippen LogP contribution in [0.3, 0.4) is 0 Å². The average molecular weight is 350 g/mol. The molecule has 2 amide bonds. The third-order valence-corrected chi connectivity index (χ3v) is 5.21. The summed E-state index contributed by atoms with van der Waals surface area (Å²) in [6, 6.07) is 13.8. The standard InChI is InChI=1S/C22H26N2O2/c1-14(2)18-9-5-6-11-20(18)24-13-17(12-21(24)25)22(26)23-19-10-7-8-15(3)16(19)4/h5-11,14,17H,12-13H2,1-4H3,(H,23,26). The Balaban J connectivity index is 1.78. The second-order valence-electron chi connectivity index (χ2n) is 7.36. The first-order valence-electron chi connectivity index (χ1n) is 9.15. The Morgan fingerprint density at radius 1 is 1.12 bits per heavy atom. The second-order valence-corrected chi connectivity index (χ2v) is 7.36. The molecule has 0 bridgehead atoms. The first-order chi connectivity index (χ1) is 12.4. The summed E-state index contributed by atoms with van der Waals surface area (Å²) in [5, 5.41) is 3.01. The molecule has 1 atom stereocenters. The van der Waals surface area contributed by atoms with Gasteiger partial charge in [0.1, 0.15) is 0 Å². The van der Waals surface area contributed by atoms with Gasteiger partial charge in [0.2, 0.25) is 11.8 Å². The lowest BCUT2D eigenvalue weighted by Crippen LogP contribution is -2.29. The number of nitrogens with one attached hydrogen (secondary N) is 1. The minimum absolute atomic E-state index is 0.0132. The maximum Gasteiger partial charge on any atom is 0.229 e. The van der Waals surface area contributed by atoms with Gasteiger partial charge in [0.05, 0.1) is 5.92 Å². The van der Waals surface area contributed by atoms with E-state index in [-0.39, 0.29) is 24.2 Å². The minimum atomic E-state index is -0.331. The Hall–Kier alpha value is -2.62. The van der Waals surface area contributed by atoms with Crippen LogP contribution in [0.25, 0.3) is 0 Å². The van der Waals surface area contributed by atoms with Gasteiger partial charge in [-0.25, -0.2) is 0 Å². The number of aryl methyl sites for hydroxylation is 1. The zero-order valence-corrected chi connectivity index (χ0v) is 15.9. The molecule has 1 saturated heterocycles. The van der Waals surface area contributed by atoms with Crippen LogP contribution in [-0.2, 0) is 9.59 Å². The summed E-state index contributed by atoms with van der Waals surface area (Å²) in [6.45, 7) is 8.68. The van der Waals surface area contributed by atoms with E-state index in [1.54, 1.807) is 4.90 Å². The van der Waals surface area contributed by atoms with Gasteiger partial charge in [0.25, 0.3) is 0 Å². The molecule has 1 fully saturated rings. The fourth-order valence-electron chi connectivity index (χ4n) is 3.46. The highest BCUT2D eigenvalue weighted by atomic mass is 16.2. The molecule has 4 heteroatoms. The van der Waals surface area contributed by atoms with Crippen LogP contribution in [0.15, 0.2) is 42.5 Å². The molecule has 2 aromatic rings. The average Bonchev–Trinajstić information content (AvgIpc) is 3.00. The molecule has 1 unspecified atom stereocenters. The van der Waals surface area contributed by atoms with E-state index in [1.165, 1.54) is 0 Å². The Bertz CT molecular complexity index is 842. The van der Waals surface area contributed by atoms with Crippen LogP contribution >= 0.6 is 0 Å². The SMILES string of the molecule is Cc1cccc(NC(=O)C2CC(=O)N(c3ccccc3C(C)C)C2)c1C. The molecule has 136 valence electrons. The van der Waals surface area contributed by atoms with Gasteiger partial charge in [0.15, 0.2) is 0 Å². The number of hydrogen-bond donors (Lipinski definition) is 1. The van der Waals surface area contributed by atoms with Gasteiger partial charge in [-0.3, -0.25) is 9.59 Å². The molecule has 0 saturated carbocycles. The summed E-state index contributed by atoms with van der Waals surface area (Å²) in [7, 11) is 0. The Morgan fingerprint density at radius 3 is 2.58 bits per heavy atom. The highest BCUT2D eigenvalue weighted by Crippen LogP contribution is 2.32. The molecule has 3 rings (SSSR count). The van der Waals surface area contributed by atoms with E-state index in [2.05, 4.69) is 25.2 Å². The summed E-state index contributed by atoms with van der Waals surface area (Å²) in [5.74, 6) is -0.0831. The van der Waals surface area contributed by atoms with Crippen LogP contribution in [-0.4, -0.2) is 18.4 Å². The van der Waals surface area contributed by atoms with Crippen molar-refractivity contribution in [1.29, 1.82) is 0 Å². The molecule has 4 nitrogen and oxygen atoms in total. The molecule has 0 aromatic heterocycles. The normalized spacial score (nSPS) is 17.0. The quantitative estimate of drug-likeness (QED) is 0.887. The van der Waals surface area contributed by atoms with E-state index in [9.17, 15) is 9.59 Å². The zero-order chi connectivity index (χ0) is 18.8. The van der Waals surface area contributed by atoms with E-state index in [4.69, 9.17) is 0 Å². The Labute approximate surface area is 155 Å². The monoisotopic (exact) mass is 350 g/mol. The number of amides is 2. The van der Waals surface area contributed by atoms with Crippen molar-refractivity contribution in [2.45, 2.75) is 40.0 Å². The number of para-hydroxylation sites is 1. The van der Waals surface area contributed by atoms with Gasteiger partial charge in [-0.2, -0.15) is 0 Å². The van der Waals surface area contributed by atoms with Gasteiger partial charge in [-0.15, -0.1) is 0 Å². The molecular weight excluding hydrogens is 324 g/mol. The highest BCUT2D eigenvalue weighted by molar-refractivity contribution is 6.04. The topological polar surface area (TPSA) is 49.4 Å². The summed E-state index contributed by atoms with van der Waals surface area (Å²) < 4.78 is 0. The summed E-state index contributed by atoms with van der Waals surface area (Å²) in [5.41, 5.74) is 5.08. The third kappa shape index (κ3) is 3.50. The molecule has 1 aliphatic heterocycles. The third-order valence-electron chi connectivity index (χ3n) is 5.21. The largest absolute Gasteiger partial charge is 0.326 e. The van der Waals surface area contributed by atoms with Crippen molar-refractivity contribution in [2.24, 2.45) is 5.92 Å². The lowest BCUT2D eigenvalue weighted by Gasteiger charge is -2.22. The molecule has 1 heterocycles. The van der Waals surface area contributed by atoms with Crippen molar-refractivity contribution in [1.82, 2.24) is 0 Å². The van der Waals surface area contributed by atoms with E-state index in [0.717, 1.165) is 28.1 Å². The van der Waals surface area contributed by atoms with E-state index < -0.39 is 0 Å². The van der Waals surface area contributed by atoms with Gasteiger partial charge in [-0.1, -0.05) is 44.2 Å². The number of hydrogen-bond acceptors (Lipinski definition) is 2. The summed E-state index contributed by atoms with van der Waals surface area (Å²) in [4.78, 5) is 27.1. The first-order valence-corrected chi connectivity index (χ1v) is 9.15. The van der Waals surface area contributed by atoms with Crippen molar-refractivity contribution < 1.29 is 9.59 Å². The molecular formula is C22H26N2O2. The summed E-state index contributed by atoms with van der Waals surface area (Å²) >= 11 is 0.